The highest BCUT2D eigenvalue weighted by molar-refractivity contribution is 5.88. The third kappa shape index (κ3) is 1.97. The van der Waals surface area contributed by atoms with Crippen LogP contribution >= 0.6 is 0 Å². The number of nitrogens with one attached hydrogen (secondary N) is 1. The molecule has 0 bridgehead atoms. The fraction of sp³-hybridized carbons (Fsp3) is 0.471. The third-order valence-corrected chi connectivity index (χ3v) is 5.30. The Morgan fingerprint density at radius 2 is 2.33 bits per heavy atom. The highest BCUT2D eigenvalue weighted by atomic mass is 16.1. The average molecular weight is 283 g/mol. The predicted octanol–water partition coefficient (Wildman–Crippen LogP) is 2.00. The molecule has 4 rings (SSSR count). The van der Waals surface area contributed by atoms with Crippen molar-refractivity contribution in [3.05, 3.63) is 35.5 Å². The van der Waals surface area contributed by atoms with E-state index in [1.807, 2.05) is 0 Å². The zero-order valence-corrected chi connectivity index (χ0v) is 12.3. The van der Waals surface area contributed by atoms with Crippen LogP contribution in [0.25, 0.3) is 10.9 Å². The topological polar surface area (TPSA) is 62.1 Å². The van der Waals surface area contributed by atoms with Crippen molar-refractivity contribution in [2.45, 2.75) is 31.2 Å². The van der Waals surface area contributed by atoms with Crippen molar-refractivity contribution in [2.75, 3.05) is 13.6 Å². The van der Waals surface area contributed by atoms with Crippen LogP contribution in [0.3, 0.4) is 0 Å². The number of hydrogen-bond acceptors (Lipinski definition) is 2. The first-order valence-electron chi connectivity index (χ1n) is 7.71. The zero-order valence-electron chi connectivity index (χ0n) is 12.3. The molecule has 0 saturated carbocycles. The highest BCUT2D eigenvalue weighted by Crippen LogP contribution is 2.44. The van der Waals surface area contributed by atoms with Gasteiger partial charge in [0.15, 0.2) is 0 Å². The number of nitrogens with zero attached hydrogens (tertiary/aromatic N) is 1. The molecule has 1 fully saturated rings. The number of aromatic nitrogens is 1. The lowest BCUT2D eigenvalue weighted by Crippen LogP contribution is -2.48. The van der Waals surface area contributed by atoms with Gasteiger partial charge in [0.2, 0.25) is 5.91 Å². The van der Waals surface area contributed by atoms with E-state index in [9.17, 15) is 4.79 Å². The molecule has 21 heavy (non-hydrogen) atoms. The molecule has 2 aromatic rings. The summed E-state index contributed by atoms with van der Waals surface area (Å²) >= 11 is 0. The number of carbonyl (C=O) groups is 1. The summed E-state index contributed by atoms with van der Waals surface area (Å²) in [7, 11) is 2.18. The number of likely N-dealkylation sites (N-methyl/N-ethyl adjacent to an activating group) is 1. The van der Waals surface area contributed by atoms with Gasteiger partial charge in [0, 0.05) is 42.0 Å². The van der Waals surface area contributed by atoms with Crippen LogP contribution in [0.5, 0.6) is 0 Å². The van der Waals surface area contributed by atoms with E-state index in [4.69, 9.17) is 5.73 Å². The predicted molar refractivity (Wildman–Crippen MR) is 83.1 cm³/mol. The molecule has 4 heteroatoms. The van der Waals surface area contributed by atoms with E-state index in [1.54, 1.807) is 0 Å². The van der Waals surface area contributed by atoms with Crippen molar-refractivity contribution in [1.82, 2.24) is 9.88 Å². The SMILES string of the molecule is CN1CC(CC(N)=O)C[C@H]2c3cccc4[nH]cc(c34)C[C@@H]21. The summed E-state index contributed by atoms with van der Waals surface area (Å²) in [6, 6.07) is 7.09. The van der Waals surface area contributed by atoms with Crippen molar-refractivity contribution >= 4 is 16.8 Å². The molecule has 3 N–H and O–H groups in total. The van der Waals surface area contributed by atoms with Crippen molar-refractivity contribution < 1.29 is 4.79 Å². The number of hydrogen-bond donors (Lipinski definition) is 2. The number of H-pyrrole nitrogens is 1. The fourth-order valence-electron chi connectivity index (χ4n) is 4.49. The van der Waals surface area contributed by atoms with Crippen LogP contribution in [-0.2, 0) is 11.2 Å². The Morgan fingerprint density at radius 3 is 3.14 bits per heavy atom. The lowest BCUT2D eigenvalue weighted by Gasteiger charge is -2.45. The number of amides is 1. The molecule has 2 heterocycles. The van der Waals surface area contributed by atoms with E-state index in [-0.39, 0.29) is 5.91 Å². The van der Waals surface area contributed by atoms with Crippen molar-refractivity contribution in [3.63, 3.8) is 0 Å². The maximum absolute atomic E-state index is 11.3. The molecule has 3 atom stereocenters. The Bertz CT molecular complexity index is 705. The Hall–Kier alpha value is -1.81. The second-order valence-electron chi connectivity index (χ2n) is 6.67. The number of aromatic amines is 1. The second kappa shape index (κ2) is 4.60. The number of rotatable bonds is 2. The van der Waals surface area contributed by atoms with Crippen LogP contribution in [0.2, 0.25) is 0 Å². The summed E-state index contributed by atoms with van der Waals surface area (Å²) in [5.74, 6) is 0.716. The number of likely N-dealkylation sites (tertiary alicyclic amines) is 1. The molecule has 1 aromatic heterocycles. The number of benzene rings is 1. The molecule has 1 aliphatic heterocycles. The van der Waals surface area contributed by atoms with Gasteiger partial charge >= 0.3 is 0 Å². The lowest BCUT2D eigenvalue weighted by atomic mass is 9.72. The standard InChI is InChI=1S/C17H21N3O/c1-20-9-10(6-16(18)21)5-13-12-3-2-4-14-17(12)11(8-19-14)7-15(13)20/h2-4,8,10,13,15,19H,5-7,9H2,1H3,(H2,18,21)/t10?,13-,15-/m0/s1. The van der Waals surface area contributed by atoms with E-state index < -0.39 is 0 Å². The van der Waals surface area contributed by atoms with Gasteiger partial charge < -0.3 is 15.6 Å². The minimum Gasteiger partial charge on any atom is -0.370 e. The van der Waals surface area contributed by atoms with E-state index in [0.29, 0.717) is 24.3 Å². The number of fused-ring (bicyclic) bond motifs is 2. The minimum absolute atomic E-state index is 0.178. The molecule has 1 amide bonds. The van der Waals surface area contributed by atoms with Gasteiger partial charge in [0.05, 0.1) is 0 Å². The summed E-state index contributed by atoms with van der Waals surface area (Å²) in [6.07, 6.45) is 4.83. The highest BCUT2D eigenvalue weighted by Gasteiger charge is 2.39. The van der Waals surface area contributed by atoms with Crippen LogP contribution in [0.1, 0.15) is 29.9 Å². The Kier molecular flexibility index (Phi) is 2.82. The molecule has 4 nitrogen and oxygen atoms in total. The first-order chi connectivity index (χ1) is 10.1. The van der Waals surface area contributed by atoms with Crippen molar-refractivity contribution in [1.29, 1.82) is 0 Å². The van der Waals surface area contributed by atoms with E-state index in [2.05, 4.69) is 41.3 Å². The molecule has 1 unspecified atom stereocenters. The molecule has 110 valence electrons. The number of nitrogens with two attached hydrogens (primary N) is 1. The molecular formula is C17H21N3O. The second-order valence-corrected chi connectivity index (χ2v) is 6.67. The Morgan fingerprint density at radius 1 is 1.48 bits per heavy atom. The zero-order chi connectivity index (χ0) is 14.6. The normalized spacial score (nSPS) is 28.5. The van der Waals surface area contributed by atoms with Crippen LogP contribution < -0.4 is 5.73 Å². The summed E-state index contributed by atoms with van der Waals surface area (Å²) in [5.41, 5.74) is 9.53. The molecule has 1 aliphatic carbocycles. The number of carbonyl (C=O) groups excluding carboxylic acids is 1. The maximum atomic E-state index is 11.3. The summed E-state index contributed by atoms with van der Waals surface area (Å²) in [4.78, 5) is 17.1. The van der Waals surface area contributed by atoms with Crippen LogP contribution in [0.15, 0.2) is 24.4 Å². The monoisotopic (exact) mass is 283 g/mol. The first kappa shape index (κ1) is 12.9. The van der Waals surface area contributed by atoms with Gasteiger partial charge in [0.1, 0.15) is 0 Å². The largest absolute Gasteiger partial charge is 0.370 e. The molecule has 1 saturated heterocycles. The van der Waals surface area contributed by atoms with Gasteiger partial charge in [-0.1, -0.05) is 12.1 Å². The van der Waals surface area contributed by atoms with Gasteiger partial charge in [-0.2, -0.15) is 0 Å². The summed E-state index contributed by atoms with van der Waals surface area (Å²) in [5, 5.41) is 1.41. The minimum atomic E-state index is -0.178. The van der Waals surface area contributed by atoms with Crippen LogP contribution in [0, 0.1) is 5.92 Å². The molecule has 2 aliphatic rings. The van der Waals surface area contributed by atoms with Gasteiger partial charge in [0.25, 0.3) is 0 Å². The van der Waals surface area contributed by atoms with Gasteiger partial charge in [-0.3, -0.25) is 4.79 Å². The third-order valence-electron chi connectivity index (χ3n) is 5.30. The number of piperidine rings is 1. The Labute approximate surface area is 124 Å². The van der Waals surface area contributed by atoms with Gasteiger partial charge in [-0.25, -0.2) is 0 Å². The molecule has 1 aromatic carbocycles. The fourth-order valence-corrected chi connectivity index (χ4v) is 4.49. The summed E-state index contributed by atoms with van der Waals surface area (Å²) < 4.78 is 0. The van der Waals surface area contributed by atoms with Crippen LogP contribution in [0.4, 0.5) is 0 Å². The van der Waals surface area contributed by atoms with E-state index in [1.165, 1.54) is 22.0 Å². The van der Waals surface area contributed by atoms with Crippen LogP contribution in [-0.4, -0.2) is 35.4 Å². The molecule has 0 spiro atoms. The van der Waals surface area contributed by atoms with Gasteiger partial charge in [-0.15, -0.1) is 0 Å². The Balaban J connectivity index is 1.76. The average Bonchev–Trinajstić information content (AvgIpc) is 2.84. The molecule has 0 radical (unpaired) electrons. The van der Waals surface area contributed by atoms with E-state index >= 15 is 0 Å². The smallest absolute Gasteiger partial charge is 0.217 e. The quantitative estimate of drug-likeness (QED) is 0.885. The lowest BCUT2D eigenvalue weighted by molar-refractivity contribution is -0.119. The number of primary amides is 1. The maximum Gasteiger partial charge on any atom is 0.217 e. The van der Waals surface area contributed by atoms with Crippen molar-refractivity contribution in [3.8, 4) is 0 Å². The summed E-state index contributed by atoms with van der Waals surface area (Å²) in [6.45, 7) is 0.972. The van der Waals surface area contributed by atoms with E-state index in [0.717, 1.165) is 19.4 Å². The molecular weight excluding hydrogens is 262 g/mol. The van der Waals surface area contributed by atoms with Crippen molar-refractivity contribution in [2.24, 2.45) is 11.7 Å². The van der Waals surface area contributed by atoms with Gasteiger partial charge in [-0.05, 0) is 43.0 Å². The first-order valence-corrected chi connectivity index (χ1v) is 7.71.